The Balaban J connectivity index is 3.15. The molecule has 9 heavy (non-hydrogen) atoms. The lowest BCUT2D eigenvalue weighted by Gasteiger charge is -1.88. The molecule has 0 saturated carbocycles. The van der Waals surface area contributed by atoms with Gasteiger partial charge in [0.1, 0.15) is 5.82 Å². The molecular weight excluding hydrogens is 114 g/mol. The molecule has 0 radical (unpaired) electrons. The molecule has 0 amide bonds. The first kappa shape index (κ1) is 6.01. The summed E-state index contributed by atoms with van der Waals surface area (Å²) in [5, 5.41) is 4.06. The van der Waals surface area contributed by atoms with Gasteiger partial charge in [0.05, 0.1) is 5.69 Å². The lowest BCUT2D eigenvalue weighted by Crippen LogP contribution is -1.88. The van der Waals surface area contributed by atoms with Crippen LogP contribution in [0, 0.1) is 6.92 Å². The number of aryl methyl sites for hydroxylation is 2. The van der Waals surface area contributed by atoms with Crippen molar-refractivity contribution in [2.75, 3.05) is 0 Å². The second-order valence-electron chi connectivity index (χ2n) is 1.93. The van der Waals surface area contributed by atoms with Crippen LogP contribution in [0.1, 0.15) is 5.69 Å². The van der Waals surface area contributed by atoms with Crippen molar-refractivity contribution in [3.8, 4) is 0 Å². The summed E-state index contributed by atoms with van der Waals surface area (Å²) in [6.07, 6.45) is 0. The van der Waals surface area contributed by atoms with E-state index in [-0.39, 0.29) is 0 Å². The topological polar surface area (TPSA) is 30.2 Å². The van der Waals surface area contributed by atoms with Crippen LogP contribution in [0.2, 0.25) is 0 Å². The number of aliphatic imine (C=N–C) groups is 1. The Hall–Kier alpha value is -1.12. The zero-order valence-corrected chi connectivity index (χ0v) is 5.63. The Labute approximate surface area is 54.0 Å². The van der Waals surface area contributed by atoms with E-state index in [1.165, 1.54) is 0 Å². The van der Waals surface area contributed by atoms with E-state index in [0.29, 0.717) is 0 Å². The number of rotatable bonds is 1. The molecule has 0 fully saturated rings. The van der Waals surface area contributed by atoms with Gasteiger partial charge in [-0.2, -0.15) is 5.10 Å². The zero-order valence-electron chi connectivity index (χ0n) is 5.63. The lowest BCUT2D eigenvalue weighted by atomic mass is 10.5. The van der Waals surface area contributed by atoms with Crippen molar-refractivity contribution < 1.29 is 0 Å². The monoisotopic (exact) mass is 123 g/mol. The van der Waals surface area contributed by atoms with E-state index < -0.39 is 0 Å². The van der Waals surface area contributed by atoms with E-state index in [4.69, 9.17) is 0 Å². The minimum Gasteiger partial charge on any atom is -0.251 e. The lowest BCUT2D eigenvalue weighted by molar-refractivity contribution is 0.760. The van der Waals surface area contributed by atoms with E-state index >= 15 is 0 Å². The summed E-state index contributed by atoms with van der Waals surface area (Å²) >= 11 is 0. The van der Waals surface area contributed by atoms with Crippen LogP contribution in [0.3, 0.4) is 0 Å². The third-order valence-electron chi connectivity index (χ3n) is 1.14. The molecule has 1 heterocycles. The average molecular weight is 123 g/mol. The van der Waals surface area contributed by atoms with Gasteiger partial charge in [0, 0.05) is 13.1 Å². The second-order valence-corrected chi connectivity index (χ2v) is 1.93. The molecule has 0 aliphatic rings. The Bertz CT molecular complexity index is 224. The first-order chi connectivity index (χ1) is 4.24. The molecule has 0 N–H and O–H groups in total. The van der Waals surface area contributed by atoms with Crippen molar-refractivity contribution >= 4 is 12.5 Å². The van der Waals surface area contributed by atoms with Crippen LogP contribution >= 0.6 is 0 Å². The molecule has 0 unspecified atom stereocenters. The molecule has 0 spiro atoms. The van der Waals surface area contributed by atoms with Crippen LogP contribution in [0.25, 0.3) is 0 Å². The summed E-state index contributed by atoms with van der Waals surface area (Å²) in [6.45, 7) is 5.32. The van der Waals surface area contributed by atoms with Gasteiger partial charge in [0.25, 0.3) is 0 Å². The fourth-order valence-electron chi connectivity index (χ4n) is 0.745. The molecule has 1 aromatic rings. The van der Waals surface area contributed by atoms with E-state index in [2.05, 4.69) is 16.8 Å². The molecule has 0 saturated heterocycles. The molecule has 0 bridgehead atoms. The maximum atomic E-state index is 4.06. The van der Waals surface area contributed by atoms with Crippen molar-refractivity contribution in [2.24, 2.45) is 12.0 Å². The van der Waals surface area contributed by atoms with Crippen molar-refractivity contribution in [3.05, 3.63) is 11.8 Å². The third kappa shape index (κ3) is 0.988. The second kappa shape index (κ2) is 2.01. The van der Waals surface area contributed by atoms with Gasteiger partial charge in [-0.15, -0.1) is 0 Å². The van der Waals surface area contributed by atoms with Gasteiger partial charge in [-0.25, -0.2) is 4.99 Å². The summed E-state index contributed by atoms with van der Waals surface area (Å²) in [5.74, 6) is 0.813. The molecule has 0 aliphatic heterocycles. The van der Waals surface area contributed by atoms with E-state index in [1.807, 2.05) is 20.0 Å². The summed E-state index contributed by atoms with van der Waals surface area (Å²) in [6, 6.07) is 1.88. The molecule has 3 nitrogen and oxygen atoms in total. The summed E-state index contributed by atoms with van der Waals surface area (Å²) in [7, 11) is 1.84. The van der Waals surface area contributed by atoms with Crippen molar-refractivity contribution in [3.63, 3.8) is 0 Å². The predicted molar refractivity (Wildman–Crippen MR) is 37.2 cm³/mol. The van der Waals surface area contributed by atoms with Crippen molar-refractivity contribution in [1.82, 2.24) is 9.78 Å². The highest BCUT2D eigenvalue weighted by atomic mass is 15.3. The quantitative estimate of drug-likeness (QED) is 0.513. The standard InChI is InChI=1S/C6H9N3/c1-5-4-6(7-2)9(3)8-5/h4H,2H2,1,3H3. The van der Waals surface area contributed by atoms with Crippen LogP contribution in [-0.2, 0) is 7.05 Å². The van der Waals surface area contributed by atoms with Crippen molar-refractivity contribution in [1.29, 1.82) is 0 Å². The first-order valence-electron chi connectivity index (χ1n) is 2.71. The number of nitrogens with zero attached hydrogens (tertiary/aromatic N) is 3. The summed E-state index contributed by atoms with van der Waals surface area (Å²) < 4.78 is 1.70. The number of hydrogen-bond acceptors (Lipinski definition) is 2. The molecular formula is C6H9N3. The molecule has 0 aromatic carbocycles. The van der Waals surface area contributed by atoms with Gasteiger partial charge in [0.2, 0.25) is 0 Å². The minimum atomic E-state index is 0.813. The van der Waals surface area contributed by atoms with Gasteiger partial charge in [-0.05, 0) is 13.6 Å². The molecule has 0 atom stereocenters. The Morgan fingerprint density at radius 3 is 2.67 bits per heavy atom. The molecule has 48 valence electrons. The highest BCUT2D eigenvalue weighted by molar-refractivity contribution is 5.40. The van der Waals surface area contributed by atoms with E-state index in [9.17, 15) is 0 Å². The maximum Gasteiger partial charge on any atom is 0.149 e. The Kier molecular flexibility index (Phi) is 1.34. The van der Waals surface area contributed by atoms with Crippen LogP contribution < -0.4 is 0 Å². The van der Waals surface area contributed by atoms with E-state index in [1.54, 1.807) is 4.68 Å². The van der Waals surface area contributed by atoms with Crippen molar-refractivity contribution in [2.45, 2.75) is 6.92 Å². The van der Waals surface area contributed by atoms with Gasteiger partial charge >= 0.3 is 0 Å². The smallest absolute Gasteiger partial charge is 0.149 e. The Morgan fingerprint density at radius 2 is 2.44 bits per heavy atom. The number of hydrogen-bond donors (Lipinski definition) is 0. The van der Waals surface area contributed by atoms with Gasteiger partial charge in [0.15, 0.2) is 0 Å². The zero-order chi connectivity index (χ0) is 6.85. The summed E-state index contributed by atoms with van der Waals surface area (Å²) in [4.78, 5) is 3.74. The first-order valence-corrected chi connectivity index (χ1v) is 2.71. The summed E-state index contributed by atoms with van der Waals surface area (Å²) in [5.41, 5.74) is 0.972. The normalized spacial score (nSPS) is 9.56. The fraction of sp³-hybridized carbons (Fsp3) is 0.333. The predicted octanol–water partition coefficient (Wildman–Crippen LogP) is 1.06. The minimum absolute atomic E-state index is 0.813. The molecule has 0 aliphatic carbocycles. The van der Waals surface area contributed by atoms with Gasteiger partial charge in [-0.1, -0.05) is 0 Å². The largest absolute Gasteiger partial charge is 0.251 e. The highest BCUT2D eigenvalue weighted by Crippen LogP contribution is 2.09. The number of aromatic nitrogens is 2. The Morgan fingerprint density at radius 1 is 1.78 bits per heavy atom. The highest BCUT2D eigenvalue weighted by Gasteiger charge is 1.95. The van der Waals surface area contributed by atoms with Crippen LogP contribution in [0.4, 0.5) is 5.82 Å². The maximum absolute atomic E-state index is 4.06. The molecule has 3 heteroatoms. The van der Waals surface area contributed by atoms with Gasteiger partial charge in [-0.3, -0.25) is 4.68 Å². The molecule has 1 rings (SSSR count). The third-order valence-corrected chi connectivity index (χ3v) is 1.14. The van der Waals surface area contributed by atoms with Gasteiger partial charge < -0.3 is 0 Å². The van der Waals surface area contributed by atoms with E-state index in [0.717, 1.165) is 11.5 Å². The average Bonchev–Trinajstić information content (AvgIpc) is 2.10. The van der Waals surface area contributed by atoms with Crippen LogP contribution in [0.5, 0.6) is 0 Å². The SMILES string of the molecule is C=Nc1cc(C)nn1C. The van der Waals surface area contributed by atoms with Crippen LogP contribution in [0.15, 0.2) is 11.1 Å². The molecule has 1 aromatic heterocycles. The fourth-order valence-corrected chi connectivity index (χ4v) is 0.745. The van der Waals surface area contributed by atoms with Crippen LogP contribution in [-0.4, -0.2) is 16.5 Å².